The molecule has 0 saturated heterocycles. The summed E-state index contributed by atoms with van der Waals surface area (Å²) >= 11 is 1.34. The fourth-order valence-corrected chi connectivity index (χ4v) is 4.03. The van der Waals surface area contributed by atoms with Crippen LogP contribution in [0.3, 0.4) is 0 Å². The van der Waals surface area contributed by atoms with Crippen molar-refractivity contribution in [3.05, 3.63) is 16.1 Å². The van der Waals surface area contributed by atoms with Crippen molar-refractivity contribution in [2.75, 3.05) is 6.61 Å². The molecule has 0 aliphatic rings. The average Bonchev–Trinajstić information content (AvgIpc) is 3.16. The maximum absolute atomic E-state index is 11.6. The Morgan fingerprint density at radius 3 is 2.00 bits per heavy atom. The lowest BCUT2D eigenvalue weighted by Crippen LogP contribution is -2.06. The number of thiazole rings is 1. The minimum absolute atomic E-state index is 0.307. The van der Waals surface area contributed by atoms with Crippen LogP contribution in [0, 0.1) is 0 Å². The fourth-order valence-electron chi connectivity index (χ4n) is 3.22. The molecule has 1 heterocycles. The van der Waals surface area contributed by atoms with E-state index in [9.17, 15) is 9.90 Å². The zero-order valence-corrected chi connectivity index (χ0v) is 18.2. The van der Waals surface area contributed by atoms with E-state index in [4.69, 9.17) is 4.74 Å². The first-order chi connectivity index (χ1) is 13.2. The van der Waals surface area contributed by atoms with Crippen LogP contribution in [0.15, 0.2) is 5.38 Å². The van der Waals surface area contributed by atoms with Crippen LogP contribution in [-0.2, 0) is 4.74 Å². The Balaban J connectivity index is 1.97. The lowest BCUT2D eigenvalue weighted by Gasteiger charge is -2.07. The van der Waals surface area contributed by atoms with Gasteiger partial charge in [-0.2, -0.15) is 0 Å². The van der Waals surface area contributed by atoms with Crippen LogP contribution in [0.4, 0.5) is 0 Å². The topological polar surface area (TPSA) is 59.4 Å². The standard InChI is InChI=1S/C22H39NO3S/c1-3-5-6-7-8-9-10-11-12-13-14-15-16-17-20(24)21-23-19(18-27-21)22(25)26-4-2/h18,20,24H,3-17H2,1-2H3. The number of carbonyl (C=O) groups excluding carboxylic acids is 1. The molecule has 1 atom stereocenters. The molecule has 0 amide bonds. The van der Waals surface area contributed by atoms with E-state index in [0.29, 0.717) is 23.7 Å². The molecule has 27 heavy (non-hydrogen) atoms. The molecule has 5 heteroatoms. The number of aliphatic hydroxyl groups is 1. The maximum atomic E-state index is 11.6. The Kier molecular flexibility index (Phi) is 14.3. The van der Waals surface area contributed by atoms with Crippen LogP contribution < -0.4 is 0 Å². The van der Waals surface area contributed by atoms with Gasteiger partial charge in [-0.3, -0.25) is 0 Å². The second-order valence-corrected chi connectivity index (χ2v) is 8.23. The number of hydrogen-bond donors (Lipinski definition) is 1. The van der Waals surface area contributed by atoms with Crippen molar-refractivity contribution in [3.63, 3.8) is 0 Å². The van der Waals surface area contributed by atoms with Gasteiger partial charge in [-0.25, -0.2) is 9.78 Å². The van der Waals surface area contributed by atoms with Crippen molar-refractivity contribution in [3.8, 4) is 0 Å². The lowest BCUT2D eigenvalue weighted by atomic mass is 10.0. The van der Waals surface area contributed by atoms with E-state index in [1.54, 1.807) is 12.3 Å². The third-order valence-corrected chi connectivity index (χ3v) is 5.82. The number of esters is 1. The van der Waals surface area contributed by atoms with Crippen LogP contribution in [-0.4, -0.2) is 22.7 Å². The third-order valence-electron chi connectivity index (χ3n) is 4.87. The van der Waals surface area contributed by atoms with Gasteiger partial charge in [-0.1, -0.05) is 90.4 Å². The van der Waals surface area contributed by atoms with Crippen LogP contribution >= 0.6 is 11.3 Å². The molecule has 156 valence electrons. The summed E-state index contributed by atoms with van der Waals surface area (Å²) < 4.78 is 4.93. The van der Waals surface area contributed by atoms with Crippen molar-refractivity contribution in [1.29, 1.82) is 0 Å². The summed E-state index contributed by atoms with van der Waals surface area (Å²) in [5.74, 6) is -0.409. The summed E-state index contributed by atoms with van der Waals surface area (Å²) in [6.45, 7) is 4.38. The molecule has 0 radical (unpaired) electrons. The average molecular weight is 398 g/mol. The number of ether oxygens (including phenoxy) is 1. The number of aromatic nitrogens is 1. The zero-order chi connectivity index (χ0) is 19.7. The third kappa shape index (κ3) is 11.5. The summed E-state index contributed by atoms with van der Waals surface area (Å²) in [5.41, 5.74) is 0.307. The van der Waals surface area contributed by atoms with Crippen molar-refractivity contribution >= 4 is 17.3 Å². The molecule has 1 N–H and O–H groups in total. The molecule has 0 spiro atoms. The highest BCUT2D eigenvalue weighted by Gasteiger charge is 2.16. The number of aliphatic hydroxyl groups excluding tert-OH is 1. The molecule has 1 aromatic heterocycles. The van der Waals surface area contributed by atoms with E-state index < -0.39 is 12.1 Å². The van der Waals surface area contributed by atoms with Gasteiger partial charge < -0.3 is 9.84 Å². The Bertz CT molecular complexity index is 490. The maximum Gasteiger partial charge on any atom is 0.357 e. The molecule has 0 aliphatic heterocycles. The molecular weight excluding hydrogens is 358 g/mol. The minimum atomic E-state index is -0.564. The van der Waals surface area contributed by atoms with E-state index in [0.717, 1.165) is 12.8 Å². The SMILES string of the molecule is CCCCCCCCCCCCCCCC(O)c1nc(C(=O)OCC)cs1. The highest BCUT2D eigenvalue weighted by atomic mass is 32.1. The molecule has 0 saturated carbocycles. The van der Waals surface area contributed by atoms with Crippen molar-refractivity contribution < 1.29 is 14.6 Å². The number of nitrogens with zero attached hydrogens (tertiary/aromatic N) is 1. The Morgan fingerprint density at radius 2 is 1.48 bits per heavy atom. The molecule has 4 nitrogen and oxygen atoms in total. The highest BCUT2D eigenvalue weighted by molar-refractivity contribution is 7.09. The number of hydrogen-bond acceptors (Lipinski definition) is 5. The molecule has 0 bridgehead atoms. The molecule has 1 unspecified atom stereocenters. The van der Waals surface area contributed by atoms with E-state index in [1.165, 1.54) is 82.0 Å². The summed E-state index contributed by atoms with van der Waals surface area (Å²) in [7, 11) is 0. The summed E-state index contributed by atoms with van der Waals surface area (Å²) in [5, 5.41) is 12.5. The van der Waals surface area contributed by atoms with E-state index in [-0.39, 0.29) is 0 Å². The van der Waals surface area contributed by atoms with Crippen molar-refractivity contribution in [2.45, 2.75) is 110 Å². The van der Waals surface area contributed by atoms with E-state index in [2.05, 4.69) is 11.9 Å². The largest absolute Gasteiger partial charge is 0.461 e. The minimum Gasteiger partial charge on any atom is -0.461 e. The van der Waals surface area contributed by atoms with Gasteiger partial charge in [0.2, 0.25) is 0 Å². The molecule has 0 aromatic carbocycles. The molecular formula is C22H39NO3S. The van der Waals surface area contributed by atoms with Crippen molar-refractivity contribution in [2.24, 2.45) is 0 Å². The monoisotopic (exact) mass is 397 g/mol. The van der Waals surface area contributed by atoms with Crippen molar-refractivity contribution in [1.82, 2.24) is 4.98 Å². The van der Waals surface area contributed by atoms with Gasteiger partial charge in [0.25, 0.3) is 0 Å². The molecule has 1 rings (SSSR count). The number of unbranched alkanes of at least 4 members (excludes halogenated alkanes) is 12. The van der Waals surface area contributed by atoms with Gasteiger partial charge in [0.05, 0.1) is 6.61 Å². The smallest absolute Gasteiger partial charge is 0.357 e. The first kappa shape index (κ1) is 24.1. The van der Waals surface area contributed by atoms with Gasteiger partial charge in [-0.05, 0) is 13.3 Å². The van der Waals surface area contributed by atoms with Crippen LogP contribution in [0.25, 0.3) is 0 Å². The first-order valence-corrected chi connectivity index (χ1v) is 11.9. The lowest BCUT2D eigenvalue weighted by molar-refractivity contribution is 0.0519. The fraction of sp³-hybridized carbons (Fsp3) is 0.818. The Labute approximate surface area is 169 Å². The van der Waals surface area contributed by atoms with Gasteiger partial charge in [0.1, 0.15) is 11.1 Å². The van der Waals surface area contributed by atoms with Gasteiger partial charge in [0, 0.05) is 5.38 Å². The van der Waals surface area contributed by atoms with Crippen LogP contribution in [0.2, 0.25) is 0 Å². The normalized spacial score (nSPS) is 12.3. The summed E-state index contributed by atoms with van der Waals surface area (Å²) in [4.78, 5) is 15.8. The van der Waals surface area contributed by atoms with Gasteiger partial charge in [-0.15, -0.1) is 11.3 Å². The van der Waals surface area contributed by atoms with E-state index in [1.807, 2.05) is 0 Å². The quantitative estimate of drug-likeness (QED) is 0.231. The van der Waals surface area contributed by atoms with E-state index >= 15 is 0 Å². The highest BCUT2D eigenvalue weighted by Crippen LogP contribution is 2.24. The second kappa shape index (κ2) is 16.1. The second-order valence-electron chi connectivity index (χ2n) is 7.34. The van der Waals surface area contributed by atoms with Gasteiger partial charge in [0.15, 0.2) is 5.69 Å². The predicted octanol–water partition coefficient (Wildman–Crippen LogP) is 6.83. The predicted molar refractivity (Wildman–Crippen MR) is 113 cm³/mol. The first-order valence-electron chi connectivity index (χ1n) is 11.0. The molecule has 0 fully saturated rings. The van der Waals surface area contributed by atoms with Gasteiger partial charge >= 0.3 is 5.97 Å². The number of rotatable bonds is 17. The Morgan fingerprint density at radius 1 is 0.963 bits per heavy atom. The van der Waals surface area contributed by atoms with Crippen LogP contribution in [0.1, 0.15) is 125 Å². The number of carbonyl (C=O) groups is 1. The van der Waals surface area contributed by atoms with Crippen LogP contribution in [0.5, 0.6) is 0 Å². The zero-order valence-electron chi connectivity index (χ0n) is 17.4. The summed E-state index contributed by atoms with van der Waals surface area (Å²) in [6, 6.07) is 0. The summed E-state index contributed by atoms with van der Waals surface area (Å²) in [6.07, 6.45) is 17.3. The molecule has 1 aromatic rings. The molecule has 0 aliphatic carbocycles. The Hall–Kier alpha value is -0.940.